The van der Waals surface area contributed by atoms with Gasteiger partial charge in [0.1, 0.15) is 12.4 Å². The van der Waals surface area contributed by atoms with Gasteiger partial charge in [-0.05, 0) is 56.0 Å². The molecule has 0 bridgehead atoms. The summed E-state index contributed by atoms with van der Waals surface area (Å²) in [5.41, 5.74) is 2.72. The fourth-order valence-electron chi connectivity index (χ4n) is 4.27. The second-order valence-electron chi connectivity index (χ2n) is 8.25. The summed E-state index contributed by atoms with van der Waals surface area (Å²) in [6.07, 6.45) is 10.0. The molecule has 0 saturated heterocycles. The number of allylic oxidation sites excluding steroid dienone is 1. The summed E-state index contributed by atoms with van der Waals surface area (Å²) in [6, 6.07) is 12.3. The number of hydrogen-bond acceptors (Lipinski definition) is 6. The monoisotopic (exact) mass is 473 g/mol. The highest BCUT2D eigenvalue weighted by atomic mass is 16.6. The average molecular weight is 474 g/mol. The van der Waals surface area contributed by atoms with Crippen molar-refractivity contribution < 1.29 is 14.5 Å². The van der Waals surface area contributed by atoms with Crippen LogP contribution in [0.5, 0.6) is 5.75 Å². The molecule has 0 radical (unpaired) electrons. The number of imidazole rings is 1. The molecule has 0 fully saturated rings. The Balaban J connectivity index is 1.45. The number of carbonyl (C=O) groups excluding carboxylic acids is 1. The standard InChI is InChI=1S/C26H27N5O4/c1-3-15-35-21-13-11-18(12-14-21)17-27-19-7-5-8-20(16-19)30(4-2)26(32)25-28-22-9-6-10-23(31(33)34)24(22)29-25/h1,6,9-14,16,20,27H,4-5,7-8,15,17H2,2H3,(H,28,29)/t20-/m0/s1. The third-order valence-electron chi connectivity index (χ3n) is 6.00. The number of nitro groups is 1. The second kappa shape index (κ2) is 10.7. The van der Waals surface area contributed by atoms with Crippen molar-refractivity contribution in [1.82, 2.24) is 20.2 Å². The largest absolute Gasteiger partial charge is 0.481 e. The maximum atomic E-state index is 13.3. The van der Waals surface area contributed by atoms with Crippen molar-refractivity contribution in [1.29, 1.82) is 0 Å². The van der Waals surface area contributed by atoms with E-state index in [0.717, 1.165) is 36.3 Å². The number of nitrogens with zero attached hydrogens (tertiary/aromatic N) is 3. The first kappa shape index (κ1) is 23.8. The molecule has 35 heavy (non-hydrogen) atoms. The zero-order chi connectivity index (χ0) is 24.8. The molecule has 2 N–H and O–H groups in total. The molecule has 1 heterocycles. The Labute approximate surface area is 203 Å². The quantitative estimate of drug-likeness (QED) is 0.274. The van der Waals surface area contributed by atoms with Crippen LogP contribution in [0.1, 0.15) is 42.4 Å². The summed E-state index contributed by atoms with van der Waals surface area (Å²) < 4.78 is 5.41. The number of benzene rings is 2. The lowest BCUT2D eigenvalue weighted by Crippen LogP contribution is -2.41. The molecular weight excluding hydrogens is 446 g/mol. The number of fused-ring (bicyclic) bond motifs is 1. The Morgan fingerprint density at radius 3 is 2.86 bits per heavy atom. The van der Waals surface area contributed by atoms with Gasteiger partial charge in [-0.2, -0.15) is 0 Å². The van der Waals surface area contributed by atoms with E-state index in [1.54, 1.807) is 17.0 Å². The summed E-state index contributed by atoms with van der Waals surface area (Å²) in [4.78, 5) is 33.1. The normalized spacial score (nSPS) is 15.2. The zero-order valence-corrected chi connectivity index (χ0v) is 19.5. The zero-order valence-electron chi connectivity index (χ0n) is 19.5. The fourth-order valence-corrected chi connectivity index (χ4v) is 4.27. The van der Waals surface area contributed by atoms with Crippen LogP contribution in [0.4, 0.5) is 5.69 Å². The number of terminal acetylenes is 1. The number of nitro benzene ring substituents is 1. The summed E-state index contributed by atoms with van der Waals surface area (Å²) in [7, 11) is 0. The number of para-hydroxylation sites is 1. The highest BCUT2D eigenvalue weighted by Crippen LogP contribution is 2.26. The lowest BCUT2D eigenvalue weighted by Gasteiger charge is -2.32. The van der Waals surface area contributed by atoms with E-state index in [1.807, 2.05) is 31.2 Å². The van der Waals surface area contributed by atoms with E-state index in [4.69, 9.17) is 11.2 Å². The third kappa shape index (κ3) is 5.44. The Kier molecular flexibility index (Phi) is 7.31. The van der Waals surface area contributed by atoms with Crippen molar-refractivity contribution in [2.75, 3.05) is 13.2 Å². The summed E-state index contributed by atoms with van der Waals surface area (Å²) >= 11 is 0. The van der Waals surface area contributed by atoms with Crippen molar-refractivity contribution >= 4 is 22.6 Å². The number of H-pyrrole nitrogens is 1. The molecule has 9 nitrogen and oxygen atoms in total. The predicted octanol–water partition coefficient (Wildman–Crippen LogP) is 4.17. The van der Waals surface area contributed by atoms with Gasteiger partial charge in [0.15, 0.2) is 11.3 Å². The number of amides is 1. The molecule has 4 rings (SSSR count). The van der Waals surface area contributed by atoms with Crippen LogP contribution in [0.25, 0.3) is 11.0 Å². The molecule has 0 unspecified atom stereocenters. The molecule has 1 amide bonds. The highest BCUT2D eigenvalue weighted by Gasteiger charge is 2.27. The maximum absolute atomic E-state index is 13.3. The molecule has 1 aromatic heterocycles. The van der Waals surface area contributed by atoms with Crippen LogP contribution in [-0.2, 0) is 6.54 Å². The molecule has 0 saturated carbocycles. The van der Waals surface area contributed by atoms with Gasteiger partial charge in [-0.15, -0.1) is 6.42 Å². The highest BCUT2D eigenvalue weighted by molar-refractivity contribution is 5.96. The maximum Gasteiger partial charge on any atom is 0.297 e. The van der Waals surface area contributed by atoms with E-state index in [9.17, 15) is 14.9 Å². The van der Waals surface area contributed by atoms with Gasteiger partial charge in [0, 0.05) is 24.9 Å². The van der Waals surface area contributed by atoms with Gasteiger partial charge in [0.2, 0.25) is 0 Å². The Hall–Kier alpha value is -4.32. The van der Waals surface area contributed by atoms with E-state index in [1.165, 1.54) is 6.07 Å². The molecule has 1 atom stereocenters. The predicted molar refractivity (Wildman–Crippen MR) is 133 cm³/mol. The Bertz CT molecular complexity index is 1290. The van der Waals surface area contributed by atoms with Crippen molar-refractivity contribution in [2.24, 2.45) is 0 Å². The molecule has 9 heteroatoms. The number of aromatic nitrogens is 2. The molecule has 0 spiro atoms. The van der Waals surface area contributed by atoms with Gasteiger partial charge in [-0.1, -0.05) is 24.1 Å². The van der Waals surface area contributed by atoms with E-state index in [0.29, 0.717) is 18.6 Å². The lowest BCUT2D eigenvalue weighted by atomic mass is 9.98. The van der Waals surface area contributed by atoms with E-state index >= 15 is 0 Å². The van der Waals surface area contributed by atoms with E-state index in [2.05, 4.69) is 27.3 Å². The Morgan fingerprint density at radius 2 is 2.14 bits per heavy atom. The minimum Gasteiger partial charge on any atom is -0.481 e. The summed E-state index contributed by atoms with van der Waals surface area (Å²) in [5.74, 6) is 3.01. The first-order valence-corrected chi connectivity index (χ1v) is 11.5. The Morgan fingerprint density at radius 1 is 1.34 bits per heavy atom. The number of aromatic amines is 1. The van der Waals surface area contributed by atoms with Crippen LogP contribution in [-0.4, -0.2) is 44.9 Å². The summed E-state index contributed by atoms with van der Waals surface area (Å²) in [6.45, 7) is 3.30. The molecule has 2 aromatic carbocycles. The topological polar surface area (TPSA) is 113 Å². The van der Waals surface area contributed by atoms with Crippen LogP contribution in [0, 0.1) is 22.5 Å². The average Bonchev–Trinajstić information content (AvgIpc) is 3.32. The van der Waals surface area contributed by atoms with E-state index < -0.39 is 4.92 Å². The second-order valence-corrected chi connectivity index (χ2v) is 8.25. The number of hydrogen-bond donors (Lipinski definition) is 2. The van der Waals surface area contributed by atoms with Crippen molar-refractivity contribution in [3.63, 3.8) is 0 Å². The van der Waals surface area contributed by atoms with Crippen LogP contribution < -0.4 is 10.1 Å². The van der Waals surface area contributed by atoms with Gasteiger partial charge in [0.05, 0.1) is 16.5 Å². The molecule has 1 aliphatic carbocycles. The van der Waals surface area contributed by atoms with Gasteiger partial charge < -0.3 is 19.9 Å². The smallest absolute Gasteiger partial charge is 0.297 e. The SMILES string of the molecule is C#CCOc1ccc(CNC2=C[C@@H](N(CC)C(=O)c3nc4c([N+](=O)[O-])cccc4[nH]3)CCC2)cc1. The van der Waals surface area contributed by atoms with Gasteiger partial charge in [-0.3, -0.25) is 14.9 Å². The van der Waals surface area contributed by atoms with Gasteiger partial charge in [-0.25, -0.2) is 4.98 Å². The number of ether oxygens (including phenoxy) is 1. The molecule has 180 valence electrons. The van der Waals surface area contributed by atoms with Crippen molar-refractivity contribution in [2.45, 2.75) is 38.8 Å². The number of nitrogens with one attached hydrogen (secondary N) is 2. The van der Waals surface area contributed by atoms with Gasteiger partial charge >= 0.3 is 0 Å². The van der Waals surface area contributed by atoms with Crippen LogP contribution in [0.3, 0.4) is 0 Å². The first-order chi connectivity index (χ1) is 17.0. The first-order valence-electron chi connectivity index (χ1n) is 11.5. The molecule has 0 aliphatic heterocycles. The minimum absolute atomic E-state index is 0.0912. The number of rotatable bonds is 9. The summed E-state index contributed by atoms with van der Waals surface area (Å²) in [5, 5.41) is 14.8. The molecular formula is C26H27N5O4. The number of non-ortho nitro benzene ring substituents is 1. The van der Waals surface area contributed by atoms with Crippen LogP contribution in [0.15, 0.2) is 54.2 Å². The van der Waals surface area contributed by atoms with Crippen molar-refractivity contribution in [3.8, 4) is 18.1 Å². The molecule has 3 aromatic rings. The third-order valence-corrected chi connectivity index (χ3v) is 6.00. The lowest BCUT2D eigenvalue weighted by molar-refractivity contribution is -0.383. The van der Waals surface area contributed by atoms with Crippen LogP contribution in [0.2, 0.25) is 0 Å². The van der Waals surface area contributed by atoms with Crippen LogP contribution >= 0.6 is 0 Å². The number of carbonyl (C=O) groups is 1. The van der Waals surface area contributed by atoms with Crippen molar-refractivity contribution in [3.05, 3.63) is 75.7 Å². The number of likely N-dealkylation sites (N-methyl/N-ethyl adjacent to an activating group) is 1. The van der Waals surface area contributed by atoms with Gasteiger partial charge in [0.25, 0.3) is 11.6 Å². The van der Waals surface area contributed by atoms with E-state index in [-0.39, 0.29) is 35.6 Å². The minimum atomic E-state index is -0.491. The fraction of sp³-hybridized carbons (Fsp3) is 0.308. The molecule has 1 aliphatic rings.